The minimum atomic E-state index is -0.438. The zero-order valence-corrected chi connectivity index (χ0v) is 19.7. The third kappa shape index (κ3) is 4.29. The molecule has 1 amide bonds. The van der Waals surface area contributed by atoms with E-state index in [9.17, 15) is 9.59 Å². The number of amides is 1. The first-order valence-electron chi connectivity index (χ1n) is 11.3. The van der Waals surface area contributed by atoms with Crippen molar-refractivity contribution in [1.82, 2.24) is 24.6 Å². The summed E-state index contributed by atoms with van der Waals surface area (Å²) < 4.78 is 14.3. The fourth-order valence-corrected chi connectivity index (χ4v) is 3.85. The van der Waals surface area contributed by atoms with Crippen molar-refractivity contribution in [2.75, 3.05) is 13.7 Å². The SMILES string of the molecule is CCNC(=O)c1cn(-c2ccc(Oc3ccnc4cc(OC)ccc34)cn2)n(-c2ccccc2)c1=O. The molecule has 9 heteroatoms. The summed E-state index contributed by atoms with van der Waals surface area (Å²) in [6.07, 6.45) is 4.73. The number of rotatable bonds is 7. The third-order valence-electron chi connectivity index (χ3n) is 5.57. The Balaban J connectivity index is 1.51. The molecule has 0 unspecified atom stereocenters. The van der Waals surface area contributed by atoms with Gasteiger partial charge in [-0.1, -0.05) is 18.2 Å². The Hall–Kier alpha value is -4.92. The van der Waals surface area contributed by atoms with Crippen LogP contribution in [-0.2, 0) is 0 Å². The van der Waals surface area contributed by atoms with E-state index < -0.39 is 11.5 Å². The summed E-state index contributed by atoms with van der Waals surface area (Å²) in [4.78, 5) is 34.6. The maximum absolute atomic E-state index is 13.2. The fraction of sp³-hybridized carbons (Fsp3) is 0.111. The Labute approximate surface area is 206 Å². The highest BCUT2D eigenvalue weighted by Gasteiger charge is 2.20. The van der Waals surface area contributed by atoms with E-state index in [4.69, 9.17) is 9.47 Å². The van der Waals surface area contributed by atoms with Crippen molar-refractivity contribution < 1.29 is 14.3 Å². The predicted molar refractivity (Wildman–Crippen MR) is 136 cm³/mol. The normalized spacial score (nSPS) is 10.8. The van der Waals surface area contributed by atoms with Crippen LogP contribution in [0.25, 0.3) is 22.4 Å². The molecule has 2 aromatic carbocycles. The molecule has 0 bridgehead atoms. The molecule has 0 aliphatic heterocycles. The van der Waals surface area contributed by atoms with Gasteiger partial charge in [-0.3, -0.25) is 14.6 Å². The molecule has 0 radical (unpaired) electrons. The molecular weight excluding hydrogens is 458 g/mol. The van der Waals surface area contributed by atoms with Gasteiger partial charge < -0.3 is 14.8 Å². The second-order valence-corrected chi connectivity index (χ2v) is 7.85. The van der Waals surface area contributed by atoms with Crippen LogP contribution in [0.2, 0.25) is 0 Å². The molecule has 9 nitrogen and oxygen atoms in total. The molecule has 36 heavy (non-hydrogen) atoms. The summed E-state index contributed by atoms with van der Waals surface area (Å²) in [5.41, 5.74) is 0.946. The number of aromatic nitrogens is 4. The number of para-hydroxylation sites is 1. The van der Waals surface area contributed by atoms with E-state index in [2.05, 4.69) is 15.3 Å². The van der Waals surface area contributed by atoms with Crippen molar-refractivity contribution in [3.05, 3.63) is 101 Å². The van der Waals surface area contributed by atoms with Gasteiger partial charge in [-0.05, 0) is 49.4 Å². The van der Waals surface area contributed by atoms with Crippen LogP contribution < -0.4 is 20.3 Å². The highest BCUT2D eigenvalue weighted by Crippen LogP contribution is 2.30. The number of fused-ring (bicyclic) bond motifs is 1. The Morgan fingerprint density at radius 3 is 2.53 bits per heavy atom. The van der Waals surface area contributed by atoms with Crippen molar-refractivity contribution in [2.24, 2.45) is 0 Å². The average molecular weight is 482 g/mol. The first kappa shape index (κ1) is 22.9. The van der Waals surface area contributed by atoms with Crippen molar-refractivity contribution in [1.29, 1.82) is 0 Å². The molecule has 3 heterocycles. The third-order valence-corrected chi connectivity index (χ3v) is 5.57. The van der Waals surface area contributed by atoms with Gasteiger partial charge in [0.1, 0.15) is 22.8 Å². The zero-order valence-electron chi connectivity index (χ0n) is 19.7. The minimum Gasteiger partial charge on any atom is -0.497 e. The largest absolute Gasteiger partial charge is 0.497 e. The predicted octanol–water partition coefficient (Wildman–Crippen LogP) is 4.12. The van der Waals surface area contributed by atoms with E-state index >= 15 is 0 Å². The monoisotopic (exact) mass is 481 g/mol. The number of carbonyl (C=O) groups is 1. The van der Waals surface area contributed by atoms with Gasteiger partial charge in [-0.15, -0.1) is 0 Å². The van der Waals surface area contributed by atoms with Gasteiger partial charge >= 0.3 is 0 Å². The van der Waals surface area contributed by atoms with Crippen LogP contribution in [0.3, 0.4) is 0 Å². The fourth-order valence-electron chi connectivity index (χ4n) is 3.85. The molecule has 0 spiro atoms. The molecule has 3 aromatic heterocycles. The second-order valence-electron chi connectivity index (χ2n) is 7.85. The number of nitrogens with one attached hydrogen (secondary N) is 1. The van der Waals surface area contributed by atoms with Crippen LogP contribution in [0.4, 0.5) is 0 Å². The van der Waals surface area contributed by atoms with E-state index in [0.717, 1.165) is 10.9 Å². The Bertz CT molecular complexity index is 1590. The Morgan fingerprint density at radius 1 is 1.00 bits per heavy atom. The van der Waals surface area contributed by atoms with Crippen LogP contribution in [0.5, 0.6) is 17.2 Å². The highest BCUT2D eigenvalue weighted by atomic mass is 16.5. The summed E-state index contributed by atoms with van der Waals surface area (Å²) >= 11 is 0. The van der Waals surface area contributed by atoms with Gasteiger partial charge in [0.05, 0.1) is 24.5 Å². The summed E-state index contributed by atoms with van der Waals surface area (Å²) in [7, 11) is 1.61. The van der Waals surface area contributed by atoms with Gasteiger partial charge in [0, 0.05) is 30.4 Å². The molecule has 1 N–H and O–H groups in total. The Morgan fingerprint density at radius 2 is 1.81 bits per heavy atom. The number of hydrogen-bond acceptors (Lipinski definition) is 6. The molecule has 0 fully saturated rings. The van der Waals surface area contributed by atoms with E-state index in [-0.39, 0.29) is 5.56 Å². The minimum absolute atomic E-state index is 0.0292. The summed E-state index contributed by atoms with van der Waals surface area (Å²) in [5.74, 6) is 1.85. The van der Waals surface area contributed by atoms with Crippen molar-refractivity contribution >= 4 is 16.8 Å². The molecular formula is C27H23N5O4. The molecule has 0 saturated carbocycles. The quantitative estimate of drug-likeness (QED) is 0.375. The highest BCUT2D eigenvalue weighted by molar-refractivity contribution is 5.93. The smallest absolute Gasteiger partial charge is 0.284 e. The summed E-state index contributed by atoms with van der Waals surface area (Å²) in [6.45, 7) is 2.21. The number of ether oxygens (including phenoxy) is 2. The first-order chi connectivity index (χ1) is 17.6. The van der Waals surface area contributed by atoms with Crippen LogP contribution >= 0.6 is 0 Å². The lowest BCUT2D eigenvalue weighted by Gasteiger charge is -2.12. The van der Waals surface area contributed by atoms with Crippen LogP contribution in [0.1, 0.15) is 17.3 Å². The summed E-state index contributed by atoms with van der Waals surface area (Å²) in [5, 5.41) is 3.52. The standard InChI is InChI=1S/C27H23N5O4/c1-3-28-26(33)22-17-31(32(27(22)34)18-7-5-4-6-8-18)25-12-10-20(16-30-25)36-24-13-14-29-23-15-19(35-2)9-11-21(23)24/h4-17H,3H2,1-2H3,(H,28,33). The number of benzene rings is 2. The maximum atomic E-state index is 13.2. The van der Waals surface area contributed by atoms with Gasteiger partial charge in [0.2, 0.25) is 0 Å². The van der Waals surface area contributed by atoms with Crippen LogP contribution in [-0.4, -0.2) is 38.9 Å². The van der Waals surface area contributed by atoms with Crippen LogP contribution in [0.15, 0.2) is 90.1 Å². The van der Waals surface area contributed by atoms with Gasteiger partial charge in [-0.2, -0.15) is 0 Å². The van der Waals surface area contributed by atoms with Gasteiger partial charge in [0.15, 0.2) is 5.82 Å². The van der Waals surface area contributed by atoms with Crippen molar-refractivity contribution in [3.8, 4) is 28.8 Å². The molecule has 0 saturated heterocycles. The lowest BCUT2D eigenvalue weighted by Crippen LogP contribution is -2.29. The number of pyridine rings is 2. The molecule has 5 aromatic rings. The number of methoxy groups -OCH3 is 1. The van der Waals surface area contributed by atoms with E-state index in [1.807, 2.05) is 36.4 Å². The van der Waals surface area contributed by atoms with Crippen LogP contribution in [0, 0.1) is 0 Å². The van der Waals surface area contributed by atoms with E-state index in [1.54, 1.807) is 61.4 Å². The second kappa shape index (κ2) is 9.75. The Kier molecular flexibility index (Phi) is 6.19. The molecule has 5 rings (SSSR count). The van der Waals surface area contributed by atoms with Crippen molar-refractivity contribution in [2.45, 2.75) is 6.92 Å². The number of nitrogens with zero attached hydrogens (tertiary/aromatic N) is 4. The number of carbonyl (C=O) groups excluding carboxylic acids is 1. The van der Waals surface area contributed by atoms with E-state index in [0.29, 0.717) is 35.3 Å². The lowest BCUT2D eigenvalue weighted by atomic mass is 10.2. The maximum Gasteiger partial charge on any atom is 0.284 e. The van der Waals surface area contributed by atoms with Gasteiger partial charge in [-0.25, -0.2) is 14.3 Å². The molecule has 0 aliphatic rings. The van der Waals surface area contributed by atoms with Gasteiger partial charge in [0.25, 0.3) is 11.5 Å². The average Bonchev–Trinajstić information content (AvgIpc) is 3.26. The first-order valence-corrected chi connectivity index (χ1v) is 11.3. The number of hydrogen-bond donors (Lipinski definition) is 1. The molecule has 0 atom stereocenters. The van der Waals surface area contributed by atoms with Crippen molar-refractivity contribution in [3.63, 3.8) is 0 Å². The zero-order chi connectivity index (χ0) is 25.1. The van der Waals surface area contributed by atoms with E-state index in [1.165, 1.54) is 10.9 Å². The topological polar surface area (TPSA) is 100 Å². The molecule has 180 valence electrons. The lowest BCUT2D eigenvalue weighted by molar-refractivity contribution is 0.0954. The summed E-state index contributed by atoms with van der Waals surface area (Å²) in [6, 6.07) is 19.9. The molecule has 0 aliphatic carbocycles.